The molecule has 4 aromatic carbocycles. The van der Waals surface area contributed by atoms with Crippen LogP contribution in [0.5, 0.6) is 0 Å². The van der Waals surface area contributed by atoms with Crippen LogP contribution in [0.25, 0.3) is 11.1 Å². The maximum Gasteiger partial charge on any atom is 0.303 e. The van der Waals surface area contributed by atoms with Crippen molar-refractivity contribution < 1.29 is 29.3 Å². The van der Waals surface area contributed by atoms with E-state index in [9.17, 15) is 14.7 Å². The van der Waals surface area contributed by atoms with Crippen LogP contribution in [0, 0.1) is 0 Å². The molecule has 1 aliphatic heterocycles. The highest BCUT2D eigenvalue weighted by atomic mass is 16.7. The zero-order valence-electron chi connectivity index (χ0n) is 25.5. The van der Waals surface area contributed by atoms with Gasteiger partial charge in [-0.2, -0.15) is 0 Å². The number of aliphatic hydroxyl groups is 1. The second-order valence-electron chi connectivity index (χ2n) is 11.5. The molecule has 0 aliphatic carbocycles. The number of benzene rings is 4. The lowest BCUT2D eigenvalue weighted by Gasteiger charge is -2.38. The van der Waals surface area contributed by atoms with Crippen molar-refractivity contribution in [3.05, 3.63) is 131 Å². The fourth-order valence-electron chi connectivity index (χ4n) is 5.54. The molecule has 0 saturated carbocycles. The summed E-state index contributed by atoms with van der Waals surface area (Å²) < 4.78 is 13.1. The molecule has 8 nitrogen and oxygen atoms in total. The van der Waals surface area contributed by atoms with Crippen molar-refractivity contribution in [1.82, 2.24) is 10.2 Å². The van der Waals surface area contributed by atoms with E-state index in [4.69, 9.17) is 14.6 Å². The van der Waals surface area contributed by atoms with Crippen LogP contribution in [0.1, 0.15) is 59.5 Å². The molecule has 0 spiro atoms. The Labute approximate surface area is 264 Å². The summed E-state index contributed by atoms with van der Waals surface area (Å²) in [7, 11) is 2.11. The fraction of sp³-hybridized carbons (Fsp3) is 0.297. The molecule has 1 heterocycles. The zero-order valence-corrected chi connectivity index (χ0v) is 25.5. The third-order valence-electron chi connectivity index (χ3n) is 7.92. The van der Waals surface area contributed by atoms with Gasteiger partial charge >= 0.3 is 5.97 Å². The van der Waals surface area contributed by atoms with Crippen LogP contribution >= 0.6 is 0 Å². The Morgan fingerprint density at radius 3 is 2.22 bits per heavy atom. The van der Waals surface area contributed by atoms with Crippen LogP contribution in [0.15, 0.2) is 103 Å². The van der Waals surface area contributed by atoms with Gasteiger partial charge in [-0.1, -0.05) is 97.1 Å². The molecule has 3 unspecified atom stereocenters. The van der Waals surface area contributed by atoms with Gasteiger partial charge in [-0.15, -0.1) is 0 Å². The zero-order chi connectivity index (χ0) is 31.6. The number of likely N-dealkylation sites (N-methyl/N-ethyl adjacent to an activating group) is 1. The Kier molecular flexibility index (Phi) is 11.1. The number of carboxylic acid groups (broad SMARTS) is 1. The molecule has 45 heavy (non-hydrogen) atoms. The molecule has 0 aromatic heterocycles. The molecule has 1 amide bonds. The number of hydrogen-bond acceptors (Lipinski definition) is 6. The second-order valence-corrected chi connectivity index (χ2v) is 11.5. The van der Waals surface area contributed by atoms with Crippen LogP contribution in [0.3, 0.4) is 0 Å². The van der Waals surface area contributed by atoms with E-state index >= 15 is 0 Å². The monoisotopic (exact) mass is 608 g/mol. The summed E-state index contributed by atoms with van der Waals surface area (Å²) in [4.78, 5) is 25.0. The topological polar surface area (TPSA) is 108 Å². The number of ether oxygens (including phenoxy) is 2. The predicted molar refractivity (Wildman–Crippen MR) is 172 cm³/mol. The quantitative estimate of drug-likeness (QED) is 0.171. The Morgan fingerprint density at radius 1 is 0.800 bits per heavy atom. The van der Waals surface area contributed by atoms with Crippen LogP contribution in [-0.4, -0.2) is 46.7 Å². The minimum atomic E-state index is -0.988. The molecule has 1 fully saturated rings. The van der Waals surface area contributed by atoms with E-state index in [-0.39, 0.29) is 37.6 Å². The van der Waals surface area contributed by atoms with E-state index in [0.29, 0.717) is 13.0 Å². The Morgan fingerprint density at radius 2 is 1.51 bits per heavy atom. The summed E-state index contributed by atoms with van der Waals surface area (Å²) >= 11 is 0. The number of carboxylic acids is 1. The van der Waals surface area contributed by atoms with Gasteiger partial charge < -0.3 is 25.0 Å². The first kappa shape index (κ1) is 32.1. The minimum absolute atomic E-state index is 0.00112. The molecule has 3 N–H and O–H groups in total. The number of rotatable bonds is 13. The first-order chi connectivity index (χ1) is 21.9. The van der Waals surface area contributed by atoms with Gasteiger partial charge in [0, 0.05) is 38.0 Å². The first-order valence-corrected chi connectivity index (χ1v) is 15.3. The molecule has 3 atom stereocenters. The summed E-state index contributed by atoms with van der Waals surface area (Å²) in [5, 5.41) is 21.1. The van der Waals surface area contributed by atoms with Gasteiger partial charge in [-0.25, -0.2) is 0 Å². The largest absolute Gasteiger partial charge is 0.481 e. The summed E-state index contributed by atoms with van der Waals surface area (Å²) in [6.07, 6.45) is -0.269. The fourth-order valence-corrected chi connectivity index (χ4v) is 5.54. The molecule has 5 rings (SSSR count). The van der Waals surface area contributed by atoms with Crippen LogP contribution in [0.4, 0.5) is 0 Å². The number of aliphatic hydroxyl groups excluding tert-OH is 1. The van der Waals surface area contributed by atoms with Crippen molar-refractivity contribution in [2.45, 2.75) is 57.5 Å². The average molecular weight is 609 g/mol. The van der Waals surface area contributed by atoms with Gasteiger partial charge in [0.1, 0.15) is 0 Å². The molecule has 8 heteroatoms. The van der Waals surface area contributed by atoms with E-state index in [1.807, 2.05) is 78.9 Å². The maximum absolute atomic E-state index is 12.0. The molecule has 1 aliphatic rings. The van der Waals surface area contributed by atoms with Crippen molar-refractivity contribution in [2.24, 2.45) is 0 Å². The molecule has 1 saturated heterocycles. The number of aliphatic carboxylic acids is 1. The van der Waals surface area contributed by atoms with E-state index in [0.717, 1.165) is 46.5 Å². The molecule has 4 aromatic rings. The third-order valence-corrected chi connectivity index (χ3v) is 7.92. The lowest BCUT2D eigenvalue weighted by molar-refractivity contribution is -0.252. The smallest absolute Gasteiger partial charge is 0.303 e. The summed E-state index contributed by atoms with van der Waals surface area (Å²) in [6.45, 7) is 1.90. The molecule has 234 valence electrons. The van der Waals surface area contributed by atoms with Gasteiger partial charge in [0.2, 0.25) is 5.91 Å². The number of carbonyl (C=O) groups excluding carboxylic acids is 1. The molecule has 0 bridgehead atoms. The number of nitrogens with one attached hydrogen (secondary N) is 1. The summed E-state index contributed by atoms with van der Waals surface area (Å²) in [6, 6.07) is 34.4. The first-order valence-electron chi connectivity index (χ1n) is 15.3. The normalized spacial score (nSPS) is 18.1. The number of nitrogens with zero attached hydrogens (tertiary/aromatic N) is 1. The highest BCUT2D eigenvalue weighted by Crippen LogP contribution is 2.38. The lowest BCUT2D eigenvalue weighted by atomic mass is 9.99. The molecular formula is C37H40N2O6. The number of carbonyl (C=O) groups is 2. The van der Waals surface area contributed by atoms with Crippen LogP contribution in [-0.2, 0) is 38.8 Å². The van der Waals surface area contributed by atoms with Crippen molar-refractivity contribution in [3.63, 3.8) is 0 Å². The van der Waals surface area contributed by atoms with E-state index in [1.54, 1.807) is 0 Å². The summed E-state index contributed by atoms with van der Waals surface area (Å²) in [5.74, 6) is -1.27. The van der Waals surface area contributed by atoms with E-state index in [1.165, 1.54) is 5.56 Å². The Bertz CT molecular complexity index is 1540. The number of amides is 1. The molecular weight excluding hydrogens is 568 g/mol. The molecule has 0 radical (unpaired) electrons. The number of hydrogen-bond donors (Lipinski definition) is 3. The Balaban J connectivity index is 1.28. The van der Waals surface area contributed by atoms with E-state index in [2.05, 4.69) is 41.5 Å². The standard InChI is InChI=1S/C37H40N2O6/c1-39(23-26-6-3-2-4-7-26)24-33-21-34(30-12-10-27(25-40)11-13-30)45-37(44-33)31-16-14-29(15-17-31)32-9-5-8-28(20-32)22-38-35(41)18-19-36(42)43/h2-17,20,33-34,37,40H,18-19,21-25H2,1H3,(H,38,41)(H,42,43). The third kappa shape index (κ3) is 9.33. The second kappa shape index (κ2) is 15.6. The minimum Gasteiger partial charge on any atom is -0.481 e. The van der Waals surface area contributed by atoms with Crippen molar-refractivity contribution in [3.8, 4) is 11.1 Å². The summed E-state index contributed by atoms with van der Waals surface area (Å²) in [5.41, 5.74) is 7.04. The van der Waals surface area contributed by atoms with Crippen LogP contribution in [0.2, 0.25) is 0 Å². The van der Waals surface area contributed by atoms with Gasteiger partial charge in [0.25, 0.3) is 0 Å². The van der Waals surface area contributed by atoms with Crippen molar-refractivity contribution in [1.29, 1.82) is 0 Å². The van der Waals surface area contributed by atoms with Crippen molar-refractivity contribution in [2.75, 3.05) is 13.6 Å². The Hall–Kier alpha value is -4.34. The average Bonchev–Trinajstić information content (AvgIpc) is 3.07. The van der Waals surface area contributed by atoms with Gasteiger partial charge in [-0.3, -0.25) is 14.5 Å². The van der Waals surface area contributed by atoms with Crippen molar-refractivity contribution >= 4 is 11.9 Å². The highest BCUT2D eigenvalue weighted by molar-refractivity contribution is 5.80. The highest BCUT2D eigenvalue weighted by Gasteiger charge is 2.32. The predicted octanol–water partition coefficient (Wildman–Crippen LogP) is 6.00. The van der Waals surface area contributed by atoms with Gasteiger partial charge in [0.15, 0.2) is 6.29 Å². The van der Waals surface area contributed by atoms with Crippen LogP contribution < -0.4 is 5.32 Å². The van der Waals surface area contributed by atoms with Gasteiger partial charge in [-0.05, 0) is 46.5 Å². The maximum atomic E-state index is 12.0. The SMILES string of the molecule is CN(Cc1ccccc1)CC1CC(c2ccc(CO)cc2)OC(c2ccc(-c3cccc(CNC(=O)CCC(=O)O)c3)cc2)O1. The van der Waals surface area contributed by atoms with E-state index < -0.39 is 12.3 Å². The lowest BCUT2D eigenvalue weighted by Crippen LogP contribution is -2.37. The van der Waals surface area contributed by atoms with Gasteiger partial charge in [0.05, 0.1) is 25.2 Å².